The third-order valence-corrected chi connectivity index (χ3v) is 3.52. The van der Waals surface area contributed by atoms with E-state index in [0.29, 0.717) is 5.02 Å². The zero-order chi connectivity index (χ0) is 12.8. The quantitative estimate of drug-likeness (QED) is 0.810. The highest BCUT2D eigenvalue weighted by molar-refractivity contribution is 8.00. The van der Waals surface area contributed by atoms with Crippen molar-refractivity contribution in [1.82, 2.24) is 5.32 Å². The summed E-state index contributed by atoms with van der Waals surface area (Å²) in [5.41, 5.74) is 0. The predicted octanol–water partition coefficient (Wildman–Crippen LogP) is 2.32. The number of carbonyl (C=O) groups is 1. The Morgan fingerprint density at radius 2 is 2.00 bits per heavy atom. The van der Waals surface area contributed by atoms with Crippen LogP contribution in [0.15, 0.2) is 29.2 Å². The number of aliphatic hydroxyl groups excluding tert-OH is 1. The van der Waals surface area contributed by atoms with Crippen LogP contribution in [-0.2, 0) is 4.79 Å². The maximum Gasteiger partial charge on any atom is 0.233 e. The third-order valence-electron chi connectivity index (χ3n) is 2.16. The molecule has 0 radical (unpaired) electrons. The number of carbonyl (C=O) groups excluding carboxylic acids is 1. The number of thioether (sulfide) groups is 1. The Morgan fingerprint density at radius 1 is 1.41 bits per heavy atom. The van der Waals surface area contributed by atoms with E-state index >= 15 is 0 Å². The average Bonchev–Trinajstić information content (AvgIpc) is 2.31. The van der Waals surface area contributed by atoms with Gasteiger partial charge in [-0.25, -0.2) is 0 Å². The molecule has 0 aliphatic carbocycles. The van der Waals surface area contributed by atoms with Gasteiger partial charge >= 0.3 is 0 Å². The number of hydrogen-bond donors (Lipinski definition) is 2. The molecule has 1 aromatic carbocycles. The Bertz CT molecular complexity index is 369. The standard InChI is InChI=1S/C12H16ClNO2S/c1-8(7-15)14-12(16)9(2)17-11-5-3-10(13)4-6-11/h3-6,8-9,15H,7H2,1-2H3,(H,14,16)/t8-,9?/m0/s1. The zero-order valence-corrected chi connectivity index (χ0v) is 11.4. The van der Waals surface area contributed by atoms with E-state index < -0.39 is 0 Å². The summed E-state index contributed by atoms with van der Waals surface area (Å²) in [6, 6.07) is 7.14. The fourth-order valence-electron chi connectivity index (χ4n) is 1.18. The molecule has 0 saturated carbocycles. The minimum Gasteiger partial charge on any atom is -0.394 e. The lowest BCUT2D eigenvalue weighted by molar-refractivity contribution is -0.121. The predicted molar refractivity (Wildman–Crippen MR) is 71.5 cm³/mol. The third kappa shape index (κ3) is 4.98. The number of nitrogens with one attached hydrogen (secondary N) is 1. The molecule has 2 N–H and O–H groups in total. The molecule has 17 heavy (non-hydrogen) atoms. The van der Waals surface area contributed by atoms with Gasteiger partial charge in [0, 0.05) is 16.0 Å². The molecule has 1 rings (SSSR count). The van der Waals surface area contributed by atoms with Crippen molar-refractivity contribution in [3.05, 3.63) is 29.3 Å². The molecule has 0 spiro atoms. The second kappa shape index (κ2) is 6.89. The lowest BCUT2D eigenvalue weighted by Gasteiger charge is -2.15. The summed E-state index contributed by atoms with van der Waals surface area (Å²) >= 11 is 7.24. The van der Waals surface area contributed by atoms with Gasteiger partial charge in [0.25, 0.3) is 0 Å². The zero-order valence-electron chi connectivity index (χ0n) is 9.81. The molecule has 0 heterocycles. The molecule has 0 fully saturated rings. The minimum atomic E-state index is -0.212. The largest absolute Gasteiger partial charge is 0.394 e. The average molecular weight is 274 g/mol. The maximum atomic E-state index is 11.7. The summed E-state index contributed by atoms with van der Waals surface area (Å²) in [7, 11) is 0. The molecule has 0 aliphatic rings. The van der Waals surface area contributed by atoms with Crippen LogP contribution in [-0.4, -0.2) is 28.9 Å². The van der Waals surface area contributed by atoms with E-state index in [1.807, 2.05) is 19.1 Å². The van der Waals surface area contributed by atoms with Gasteiger partial charge in [-0.15, -0.1) is 11.8 Å². The Balaban J connectivity index is 2.51. The minimum absolute atomic E-state index is 0.0515. The van der Waals surface area contributed by atoms with Crippen LogP contribution in [0.5, 0.6) is 0 Å². The lowest BCUT2D eigenvalue weighted by Crippen LogP contribution is -2.39. The van der Waals surface area contributed by atoms with Crippen molar-refractivity contribution in [1.29, 1.82) is 0 Å². The number of aliphatic hydroxyl groups is 1. The van der Waals surface area contributed by atoms with Crippen LogP contribution in [0.1, 0.15) is 13.8 Å². The van der Waals surface area contributed by atoms with Gasteiger partial charge in [0.15, 0.2) is 0 Å². The van der Waals surface area contributed by atoms with Crippen LogP contribution >= 0.6 is 23.4 Å². The normalized spacial score (nSPS) is 14.1. The van der Waals surface area contributed by atoms with Crippen molar-refractivity contribution in [3.63, 3.8) is 0 Å². The number of rotatable bonds is 5. The Morgan fingerprint density at radius 3 is 2.53 bits per heavy atom. The summed E-state index contributed by atoms with van der Waals surface area (Å²) in [5, 5.41) is 12.1. The summed E-state index contributed by atoms with van der Waals surface area (Å²) in [6.45, 7) is 3.54. The number of benzene rings is 1. The Labute approximate surface area is 111 Å². The van der Waals surface area contributed by atoms with E-state index in [9.17, 15) is 4.79 Å². The van der Waals surface area contributed by atoms with Gasteiger partial charge in [-0.2, -0.15) is 0 Å². The van der Waals surface area contributed by atoms with E-state index in [1.54, 1.807) is 19.1 Å². The van der Waals surface area contributed by atoms with Gasteiger partial charge in [-0.05, 0) is 38.1 Å². The molecule has 0 aliphatic heterocycles. The van der Waals surface area contributed by atoms with E-state index in [0.717, 1.165) is 4.90 Å². The van der Waals surface area contributed by atoms with E-state index in [-0.39, 0.29) is 23.8 Å². The van der Waals surface area contributed by atoms with Crippen molar-refractivity contribution in [3.8, 4) is 0 Å². The molecule has 1 unspecified atom stereocenters. The molecule has 3 nitrogen and oxygen atoms in total. The molecule has 5 heteroatoms. The first-order valence-corrected chi connectivity index (χ1v) is 6.62. The topological polar surface area (TPSA) is 49.3 Å². The Hall–Kier alpha value is -0.710. The second-order valence-electron chi connectivity index (χ2n) is 3.81. The van der Waals surface area contributed by atoms with Crippen LogP contribution in [0.2, 0.25) is 5.02 Å². The van der Waals surface area contributed by atoms with Crippen LogP contribution < -0.4 is 5.32 Å². The summed E-state index contributed by atoms with van der Waals surface area (Å²) in [6.07, 6.45) is 0. The first kappa shape index (κ1) is 14.4. The highest BCUT2D eigenvalue weighted by Gasteiger charge is 2.15. The number of halogens is 1. The van der Waals surface area contributed by atoms with Crippen LogP contribution in [0, 0.1) is 0 Å². The Kier molecular flexibility index (Phi) is 5.82. The van der Waals surface area contributed by atoms with Crippen molar-refractivity contribution in [2.45, 2.75) is 30.0 Å². The van der Waals surface area contributed by atoms with Crippen LogP contribution in [0.3, 0.4) is 0 Å². The molecule has 1 aromatic rings. The first-order valence-electron chi connectivity index (χ1n) is 5.36. The van der Waals surface area contributed by atoms with Crippen molar-refractivity contribution in [2.75, 3.05) is 6.61 Å². The van der Waals surface area contributed by atoms with Crippen molar-refractivity contribution < 1.29 is 9.90 Å². The van der Waals surface area contributed by atoms with Gasteiger partial charge in [0.1, 0.15) is 0 Å². The van der Waals surface area contributed by atoms with Gasteiger partial charge in [0.2, 0.25) is 5.91 Å². The van der Waals surface area contributed by atoms with E-state index in [2.05, 4.69) is 5.32 Å². The molecule has 1 amide bonds. The molecule has 0 saturated heterocycles. The van der Waals surface area contributed by atoms with Crippen LogP contribution in [0.4, 0.5) is 0 Å². The number of hydrogen-bond acceptors (Lipinski definition) is 3. The maximum absolute atomic E-state index is 11.7. The fourth-order valence-corrected chi connectivity index (χ4v) is 2.18. The SMILES string of the molecule is CC(Sc1ccc(Cl)cc1)C(=O)N[C@@H](C)CO. The highest BCUT2D eigenvalue weighted by Crippen LogP contribution is 2.24. The summed E-state index contributed by atoms with van der Waals surface area (Å²) in [4.78, 5) is 12.7. The van der Waals surface area contributed by atoms with Gasteiger partial charge in [-0.3, -0.25) is 4.79 Å². The molecular weight excluding hydrogens is 258 g/mol. The van der Waals surface area contributed by atoms with Gasteiger partial charge < -0.3 is 10.4 Å². The fraction of sp³-hybridized carbons (Fsp3) is 0.417. The van der Waals surface area contributed by atoms with Crippen molar-refractivity contribution >= 4 is 29.3 Å². The molecule has 0 aromatic heterocycles. The summed E-state index contributed by atoms with van der Waals surface area (Å²) < 4.78 is 0. The molecule has 2 atom stereocenters. The molecular formula is C12H16ClNO2S. The lowest BCUT2D eigenvalue weighted by atomic mass is 10.3. The second-order valence-corrected chi connectivity index (χ2v) is 5.66. The monoisotopic (exact) mass is 273 g/mol. The number of amides is 1. The smallest absolute Gasteiger partial charge is 0.233 e. The van der Waals surface area contributed by atoms with Gasteiger partial charge in [0.05, 0.1) is 11.9 Å². The van der Waals surface area contributed by atoms with E-state index in [1.165, 1.54) is 11.8 Å². The first-order chi connectivity index (χ1) is 8.02. The van der Waals surface area contributed by atoms with Gasteiger partial charge in [-0.1, -0.05) is 11.6 Å². The van der Waals surface area contributed by atoms with E-state index in [4.69, 9.17) is 16.7 Å². The van der Waals surface area contributed by atoms with Crippen LogP contribution in [0.25, 0.3) is 0 Å². The van der Waals surface area contributed by atoms with Crippen molar-refractivity contribution in [2.24, 2.45) is 0 Å². The molecule has 0 bridgehead atoms. The highest BCUT2D eigenvalue weighted by atomic mass is 35.5. The molecule has 94 valence electrons. The summed E-state index contributed by atoms with van der Waals surface area (Å²) in [5.74, 6) is -0.0773.